The molecule has 6 atom stereocenters. The summed E-state index contributed by atoms with van der Waals surface area (Å²) in [4.78, 5) is 17.8. The molecule has 4 aromatic heterocycles. The summed E-state index contributed by atoms with van der Waals surface area (Å²) in [6.07, 6.45) is 23.6. The molecule has 1 saturated heterocycles. The minimum Gasteiger partial charge on any atom is -0.491 e. The summed E-state index contributed by atoms with van der Waals surface area (Å²) in [5.74, 6) is 0.440. The molecule has 0 saturated carbocycles. The number of aromatic nitrogens is 5. The molecule has 0 radical (unpaired) electrons. The normalized spacial score (nSPS) is 16.4. The van der Waals surface area contributed by atoms with Crippen LogP contribution in [0.1, 0.15) is 392 Å². The molecule has 11 aromatic rings. The standard InChI is InChI=1S/2C30H41N.C25H43N.C25H37N.C24H38N2O2/c1-27(2,3)30(8,29(6,7)28(4,5)25-17-10-9-11-18-25)20-14-16-24-22-31-21-23-15-12-13-19-26(23)24;1-27(2,3)30(8,29(6,7)28(4,5)24-16-10-9-11-17-24)22-14-18-25-21-20-23-15-12-13-19-26(23)31-25;1-22(2,3)25(8,17-12-13-20-16-18-26-19-20)24(6,7)23(4,5)21-14-10-9-11-15-21;1-22(2,3)25(8,18-17-21-16-12-13-19-26-21)24(6,7)23(4,5)20-14-10-9-11-15-20;1-21(2,3)24(8,15-12-16-26-17-25-19(27)20(26)28)23(6,7)22(4,5)18-13-10-9-11-14-18/h9-13,15,17-19,21-22H,14,16,20H2,1-8H3;9-13,15-17,19-21H,14,18,22H2,1-8H3;9-11,14-15,20,26H,12-13,16-19H2,1-8H3;9-16,19H,17-18H2,1-8H3;9-11,13-14,17,27-28H,12,15-16H2,1-8H3. The number of hydrogen-bond donors (Lipinski definition) is 3. The van der Waals surface area contributed by atoms with Gasteiger partial charge in [-0.1, -0.05) is 490 Å². The van der Waals surface area contributed by atoms with Gasteiger partial charge >= 0.3 is 0 Å². The number of para-hydroxylation sites is 1. The van der Waals surface area contributed by atoms with Gasteiger partial charge in [0, 0.05) is 47.3 Å². The highest BCUT2D eigenvalue weighted by atomic mass is 16.3. The van der Waals surface area contributed by atoms with Crippen LogP contribution in [0, 0.1) is 87.1 Å². The Balaban J connectivity index is 0.000000218. The third kappa shape index (κ3) is 24.9. The van der Waals surface area contributed by atoms with Crippen molar-refractivity contribution in [2.75, 3.05) is 13.1 Å². The first-order chi connectivity index (χ1) is 65.4. The fourth-order valence-electron chi connectivity index (χ4n) is 25.3. The highest BCUT2D eigenvalue weighted by Gasteiger charge is 2.61. The summed E-state index contributed by atoms with van der Waals surface area (Å²) in [5.41, 5.74) is 14.2. The Morgan fingerprint density at radius 3 is 1.00 bits per heavy atom. The molecule has 0 amide bonds. The van der Waals surface area contributed by atoms with Gasteiger partial charge in [-0.2, -0.15) is 4.98 Å². The summed E-state index contributed by atoms with van der Waals surface area (Å²) in [7, 11) is 0. The zero-order valence-electron chi connectivity index (χ0n) is 97.5. The van der Waals surface area contributed by atoms with Crippen molar-refractivity contribution in [1.29, 1.82) is 0 Å². The van der Waals surface area contributed by atoms with Crippen molar-refractivity contribution in [3.63, 3.8) is 0 Å². The molecule has 8 nitrogen and oxygen atoms in total. The molecule has 5 heterocycles. The molecule has 8 heteroatoms. The van der Waals surface area contributed by atoms with Gasteiger partial charge in [-0.3, -0.25) is 19.5 Å². The zero-order valence-corrected chi connectivity index (χ0v) is 97.5. The lowest BCUT2D eigenvalue weighted by atomic mass is 9.44. The quantitative estimate of drug-likeness (QED) is 0.0369. The van der Waals surface area contributed by atoms with Crippen molar-refractivity contribution in [1.82, 2.24) is 29.8 Å². The second-order valence-electron chi connectivity index (χ2n) is 54.5. The fraction of sp³-hybridized carbons (Fsp3) is 0.582. The number of hydrogen-bond acceptors (Lipinski definition) is 7. The van der Waals surface area contributed by atoms with E-state index in [9.17, 15) is 10.2 Å². The van der Waals surface area contributed by atoms with Crippen molar-refractivity contribution in [2.24, 2.45) is 87.1 Å². The van der Waals surface area contributed by atoms with E-state index in [0.29, 0.717) is 6.54 Å². The second-order valence-corrected chi connectivity index (χ2v) is 54.5. The number of fused-ring (bicyclic) bond motifs is 2. The highest BCUT2D eigenvalue weighted by Crippen LogP contribution is 2.68. The number of benzene rings is 7. The highest BCUT2D eigenvalue weighted by molar-refractivity contribution is 5.84. The number of nitrogens with zero attached hydrogens (tertiary/aromatic N) is 5. The molecule has 1 fully saturated rings. The molecular formula is C134H200N6O2. The van der Waals surface area contributed by atoms with E-state index in [0.717, 1.165) is 62.8 Å². The summed E-state index contributed by atoms with van der Waals surface area (Å²) in [6.45, 7) is 100. The Labute approximate surface area is 868 Å². The molecule has 142 heavy (non-hydrogen) atoms. The lowest BCUT2D eigenvalue weighted by Gasteiger charge is -2.60. The number of nitrogens with one attached hydrogen (secondary N) is 1. The number of pyridine rings is 3. The van der Waals surface area contributed by atoms with E-state index in [-0.39, 0.29) is 120 Å². The number of imidazole rings is 1. The molecule has 0 spiro atoms. The van der Waals surface area contributed by atoms with Crippen LogP contribution in [-0.2, 0) is 52.9 Å². The Bertz CT molecular complexity index is 5670. The SMILES string of the molecule is CC(C)(C)C(C)(CCCC1CCNC1)C(C)(C)C(C)(C)c1ccccc1.CC(C)(C)C(C)(CCCc1ccc2ccccc2n1)C(C)(C)C(C)(C)c1ccccc1.CC(C)(C)C(C)(CCCc1cncc2ccccc12)C(C)(C)C(C)(C)c1ccccc1.CC(C)(C)C(C)(CCCn1cnc(O)c1O)C(C)(C)C(C)(C)c1ccccc1.CC(C)(C)C(C)(CCc1ccccn1)C(C)(C)C(C)(C)c1ccccc1. The fourth-order valence-corrected chi connectivity index (χ4v) is 25.3. The third-order valence-electron chi connectivity index (χ3n) is 42.0. The van der Waals surface area contributed by atoms with Gasteiger partial charge in [-0.25, -0.2) is 0 Å². The largest absolute Gasteiger partial charge is 0.491 e. The van der Waals surface area contributed by atoms with Crippen LogP contribution in [0.3, 0.4) is 0 Å². The van der Waals surface area contributed by atoms with Crippen molar-refractivity contribution >= 4 is 21.7 Å². The predicted molar refractivity (Wildman–Crippen MR) is 616 cm³/mol. The Morgan fingerprint density at radius 2 is 0.648 bits per heavy atom. The van der Waals surface area contributed by atoms with E-state index >= 15 is 0 Å². The van der Waals surface area contributed by atoms with Crippen LogP contribution in [0.2, 0.25) is 0 Å². The lowest BCUT2D eigenvalue weighted by molar-refractivity contribution is -0.0780. The van der Waals surface area contributed by atoms with Crippen LogP contribution in [0.15, 0.2) is 255 Å². The number of aromatic hydroxyl groups is 2. The van der Waals surface area contributed by atoms with Crippen molar-refractivity contribution < 1.29 is 10.2 Å². The Kier molecular flexibility index (Phi) is 38.2. The smallest absolute Gasteiger partial charge is 0.274 e. The molecule has 0 aliphatic carbocycles. The topological polar surface area (TPSA) is 109 Å². The zero-order chi connectivity index (χ0) is 106. The van der Waals surface area contributed by atoms with E-state index in [2.05, 4.69) is 528 Å². The van der Waals surface area contributed by atoms with Crippen LogP contribution in [0.4, 0.5) is 0 Å². The van der Waals surface area contributed by atoms with Crippen molar-refractivity contribution in [2.45, 2.75) is 400 Å². The van der Waals surface area contributed by atoms with E-state index in [1.165, 1.54) is 119 Å². The monoisotopic (exact) mass is 1930 g/mol. The summed E-state index contributed by atoms with van der Waals surface area (Å²) >= 11 is 0. The van der Waals surface area contributed by atoms with E-state index in [1.54, 1.807) is 4.57 Å². The van der Waals surface area contributed by atoms with E-state index in [4.69, 9.17) is 4.98 Å². The molecule has 1 aliphatic heterocycles. The first kappa shape index (κ1) is 119. The van der Waals surface area contributed by atoms with Gasteiger partial charge < -0.3 is 15.5 Å². The molecule has 6 unspecified atom stereocenters. The van der Waals surface area contributed by atoms with Gasteiger partial charge in [0.2, 0.25) is 0 Å². The minimum absolute atomic E-state index is 0.00127. The maximum Gasteiger partial charge on any atom is 0.274 e. The van der Waals surface area contributed by atoms with Crippen LogP contribution in [0.25, 0.3) is 21.7 Å². The minimum atomic E-state index is -0.302. The van der Waals surface area contributed by atoms with Gasteiger partial charge in [0.15, 0.2) is 0 Å². The third-order valence-corrected chi connectivity index (χ3v) is 42.0. The van der Waals surface area contributed by atoms with Gasteiger partial charge in [0.25, 0.3) is 11.8 Å². The molecule has 1 aliphatic rings. The average Bonchev–Trinajstić information content (AvgIpc) is 0.810. The predicted octanol–water partition coefficient (Wildman–Crippen LogP) is 37.3. The molecule has 12 rings (SSSR count). The maximum absolute atomic E-state index is 9.92. The first-order valence-electron chi connectivity index (χ1n) is 54.4. The van der Waals surface area contributed by atoms with Gasteiger partial charge in [0.05, 0.1) is 5.52 Å². The summed E-state index contributed by atoms with van der Waals surface area (Å²) in [6, 6.07) is 82.7. The summed E-state index contributed by atoms with van der Waals surface area (Å²) in [5, 5.41) is 26.8. The van der Waals surface area contributed by atoms with Gasteiger partial charge in [-0.05, 0) is 274 Å². The van der Waals surface area contributed by atoms with Gasteiger partial charge in [-0.15, -0.1) is 0 Å². The number of rotatable bonds is 34. The van der Waals surface area contributed by atoms with Crippen LogP contribution >= 0.6 is 0 Å². The lowest BCUT2D eigenvalue weighted by Crippen LogP contribution is -2.54. The molecule has 7 aromatic carbocycles. The number of aryl methyl sites for hydroxylation is 4. The Morgan fingerprint density at radius 1 is 0.310 bits per heavy atom. The Hall–Kier alpha value is -8.72. The van der Waals surface area contributed by atoms with Crippen LogP contribution < -0.4 is 5.32 Å². The first-order valence-corrected chi connectivity index (χ1v) is 54.4. The average molecular weight is 1930 g/mol. The van der Waals surface area contributed by atoms with E-state index in [1.807, 2.05) is 18.5 Å². The van der Waals surface area contributed by atoms with Crippen LogP contribution in [-0.4, -0.2) is 47.8 Å². The molecule has 0 bridgehead atoms. The maximum atomic E-state index is 9.92. The molecule has 778 valence electrons. The van der Waals surface area contributed by atoms with E-state index < -0.39 is 0 Å². The van der Waals surface area contributed by atoms with Gasteiger partial charge in [0.1, 0.15) is 6.33 Å². The van der Waals surface area contributed by atoms with Crippen LogP contribution in [0.5, 0.6) is 11.8 Å². The molecular weight excluding hydrogens is 1730 g/mol. The second kappa shape index (κ2) is 45.7. The molecule has 3 N–H and O–H groups in total. The van der Waals surface area contributed by atoms with Crippen molar-refractivity contribution in [3.8, 4) is 11.8 Å². The summed E-state index contributed by atoms with van der Waals surface area (Å²) < 4.78 is 1.62. The van der Waals surface area contributed by atoms with Crippen molar-refractivity contribution in [3.05, 3.63) is 300 Å².